The second-order valence-electron chi connectivity index (χ2n) is 5.71. The number of hydrogen-bond acceptors (Lipinski definition) is 4. The lowest BCUT2D eigenvalue weighted by molar-refractivity contribution is 0.482. The molecule has 0 atom stereocenters. The van der Waals surface area contributed by atoms with Crippen molar-refractivity contribution in [2.75, 3.05) is 0 Å². The largest absolute Gasteiger partial charge is 0.456 e. The maximum absolute atomic E-state index is 11.7. The molecule has 0 radical (unpaired) electrons. The average molecular weight is 358 g/mol. The van der Waals surface area contributed by atoms with E-state index < -0.39 is 11.2 Å². The number of nitrogens with one attached hydrogen (secondary N) is 1. The Labute approximate surface area is 148 Å². The van der Waals surface area contributed by atoms with E-state index in [1.165, 1.54) is 5.56 Å². The summed E-state index contributed by atoms with van der Waals surface area (Å²) >= 11 is 6.29. The van der Waals surface area contributed by atoms with E-state index >= 15 is 0 Å². The molecule has 7 heteroatoms. The van der Waals surface area contributed by atoms with E-state index in [9.17, 15) is 9.59 Å². The van der Waals surface area contributed by atoms with Gasteiger partial charge in [0.05, 0.1) is 11.6 Å². The summed E-state index contributed by atoms with van der Waals surface area (Å²) in [5.41, 5.74) is 1.98. The Bertz CT molecular complexity index is 1040. The summed E-state index contributed by atoms with van der Waals surface area (Å²) in [6, 6.07) is 11.1. The van der Waals surface area contributed by atoms with Crippen LogP contribution >= 0.6 is 11.6 Å². The number of ether oxygens (including phenoxy) is 1. The van der Waals surface area contributed by atoms with Crippen LogP contribution in [0.5, 0.6) is 11.5 Å². The highest BCUT2D eigenvalue weighted by Gasteiger charge is 2.07. The Morgan fingerprint density at radius 2 is 1.92 bits per heavy atom. The molecular formula is C18H16ClN3O3. The number of benzene rings is 2. The molecular weight excluding hydrogens is 342 g/mol. The summed E-state index contributed by atoms with van der Waals surface area (Å²) in [7, 11) is 0. The van der Waals surface area contributed by atoms with Gasteiger partial charge in [0.1, 0.15) is 17.7 Å². The summed E-state index contributed by atoms with van der Waals surface area (Å²) in [6.07, 6.45) is 1.06. The predicted octanol–water partition coefficient (Wildman–Crippen LogP) is 3.04. The normalized spacial score (nSPS) is 10.7. The molecule has 3 rings (SSSR count). The first-order valence-corrected chi connectivity index (χ1v) is 8.00. The van der Waals surface area contributed by atoms with E-state index in [4.69, 9.17) is 16.3 Å². The highest BCUT2D eigenvalue weighted by Crippen LogP contribution is 2.31. The summed E-state index contributed by atoms with van der Waals surface area (Å²) in [5, 5.41) is 4.22. The van der Waals surface area contributed by atoms with Crippen LogP contribution in [0, 0.1) is 13.8 Å². The van der Waals surface area contributed by atoms with Gasteiger partial charge in [0.25, 0.3) is 5.56 Å². The van der Waals surface area contributed by atoms with Crippen molar-refractivity contribution >= 4 is 11.6 Å². The molecule has 0 bridgehead atoms. The average Bonchev–Trinajstić information content (AvgIpc) is 2.56. The number of aromatic amines is 1. The standard InChI is InChI=1S/C18H16ClN3O3/c1-11-3-5-14(7-12(11)2)25-16-6-4-13(8-15(16)19)10-22-18(24)21-17(23)9-20-22/h3-9H,10H2,1-2H3,(H,21,23,24). The van der Waals surface area contributed by atoms with E-state index in [2.05, 4.69) is 10.1 Å². The number of rotatable bonds is 4. The number of aryl methyl sites for hydroxylation is 2. The molecule has 0 aliphatic rings. The van der Waals surface area contributed by atoms with Crippen molar-refractivity contribution in [3.8, 4) is 11.5 Å². The molecule has 0 fully saturated rings. The van der Waals surface area contributed by atoms with E-state index in [1.807, 2.05) is 32.0 Å². The van der Waals surface area contributed by atoms with Crippen LogP contribution in [0.1, 0.15) is 16.7 Å². The van der Waals surface area contributed by atoms with Crippen molar-refractivity contribution in [1.29, 1.82) is 0 Å². The van der Waals surface area contributed by atoms with Gasteiger partial charge in [-0.25, -0.2) is 9.48 Å². The lowest BCUT2D eigenvalue weighted by Gasteiger charge is -2.11. The molecule has 0 saturated carbocycles. The van der Waals surface area contributed by atoms with Crippen molar-refractivity contribution in [2.45, 2.75) is 20.4 Å². The molecule has 0 saturated heterocycles. The molecule has 0 aliphatic heterocycles. The van der Waals surface area contributed by atoms with Crippen LogP contribution in [0.2, 0.25) is 5.02 Å². The zero-order valence-electron chi connectivity index (χ0n) is 13.7. The third kappa shape index (κ3) is 3.97. The molecule has 3 aromatic rings. The first-order valence-electron chi connectivity index (χ1n) is 7.62. The van der Waals surface area contributed by atoms with E-state index in [-0.39, 0.29) is 6.54 Å². The number of H-pyrrole nitrogens is 1. The minimum Gasteiger partial charge on any atom is -0.456 e. The van der Waals surface area contributed by atoms with Gasteiger partial charge in [-0.1, -0.05) is 23.7 Å². The summed E-state index contributed by atoms with van der Waals surface area (Å²) in [4.78, 5) is 24.9. The first kappa shape index (κ1) is 17.0. The first-order chi connectivity index (χ1) is 11.9. The van der Waals surface area contributed by atoms with Gasteiger partial charge in [-0.05, 0) is 54.8 Å². The molecule has 0 spiro atoms. The monoisotopic (exact) mass is 357 g/mol. The predicted molar refractivity (Wildman–Crippen MR) is 95.7 cm³/mol. The zero-order chi connectivity index (χ0) is 18.0. The van der Waals surface area contributed by atoms with Crippen LogP contribution in [0.15, 0.2) is 52.2 Å². The van der Waals surface area contributed by atoms with Gasteiger partial charge >= 0.3 is 5.69 Å². The smallest absolute Gasteiger partial charge is 0.345 e. The maximum atomic E-state index is 11.7. The van der Waals surface area contributed by atoms with E-state index in [0.29, 0.717) is 16.5 Å². The molecule has 1 aromatic heterocycles. The molecule has 1 heterocycles. The molecule has 25 heavy (non-hydrogen) atoms. The molecule has 0 unspecified atom stereocenters. The van der Waals surface area contributed by atoms with Gasteiger partial charge in [-0.3, -0.25) is 9.78 Å². The fraction of sp³-hybridized carbons (Fsp3) is 0.167. The molecule has 2 aromatic carbocycles. The van der Waals surface area contributed by atoms with Crippen LogP contribution in [0.3, 0.4) is 0 Å². The summed E-state index contributed by atoms with van der Waals surface area (Å²) in [5.74, 6) is 1.23. The van der Waals surface area contributed by atoms with Gasteiger partial charge in [0.2, 0.25) is 0 Å². The van der Waals surface area contributed by atoms with Gasteiger partial charge in [-0.15, -0.1) is 0 Å². The fourth-order valence-electron chi connectivity index (χ4n) is 2.29. The van der Waals surface area contributed by atoms with Gasteiger partial charge < -0.3 is 4.74 Å². The summed E-state index contributed by atoms with van der Waals surface area (Å²) < 4.78 is 6.98. The van der Waals surface area contributed by atoms with Crippen LogP contribution in [-0.2, 0) is 6.54 Å². The Hall–Kier alpha value is -2.86. The van der Waals surface area contributed by atoms with Gasteiger partial charge in [0, 0.05) is 0 Å². The number of hydrogen-bond donors (Lipinski definition) is 1. The van der Waals surface area contributed by atoms with Crippen molar-refractivity contribution in [1.82, 2.24) is 14.8 Å². The number of aromatic nitrogens is 3. The lowest BCUT2D eigenvalue weighted by atomic mass is 10.1. The van der Waals surface area contributed by atoms with Crippen molar-refractivity contribution < 1.29 is 4.74 Å². The van der Waals surface area contributed by atoms with E-state index in [1.54, 1.807) is 18.2 Å². The molecule has 0 amide bonds. The molecule has 128 valence electrons. The molecule has 0 aliphatic carbocycles. The zero-order valence-corrected chi connectivity index (χ0v) is 14.5. The third-order valence-electron chi connectivity index (χ3n) is 3.81. The van der Waals surface area contributed by atoms with Gasteiger partial charge in [-0.2, -0.15) is 5.10 Å². The number of halogens is 1. The van der Waals surface area contributed by atoms with Crippen LogP contribution in [0.25, 0.3) is 0 Å². The van der Waals surface area contributed by atoms with Gasteiger partial charge in [0.15, 0.2) is 0 Å². The van der Waals surface area contributed by atoms with Crippen molar-refractivity contribution in [3.63, 3.8) is 0 Å². The quantitative estimate of drug-likeness (QED) is 0.778. The lowest BCUT2D eigenvalue weighted by Crippen LogP contribution is -2.31. The Morgan fingerprint density at radius 3 is 2.60 bits per heavy atom. The SMILES string of the molecule is Cc1ccc(Oc2ccc(Cn3ncc(=O)[nH]c3=O)cc2Cl)cc1C. The molecule has 6 nitrogen and oxygen atoms in total. The second-order valence-corrected chi connectivity index (χ2v) is 6.12. The highest BCUT2D eigenvalue weighted by molar-refractivity contribution is 6.32. The molecule has 1 N–H and O–H groups in total. The van der Waals surface area contributed by atoms with Crippen molar-refractivity contribution in [3.05, 3.63) is 85.1 Å². The Morgan fingerprint density at radius 1 is 1.12 bits per heavy atom. The Balaban J connectivity index is 1.81. The van der Waals surface area contributed by atoms with Crippen LogP contribution < -0.4 is 16.0 Å². The highest BCUT2D eigenvalue weighted by atomic mass is 35.5. The van der Waals surface area contributed by atoms with E-state index in [0.717, 1.165) is 22.0 Å². The maximum Gasteiger partial charge on any atom is 0.345 e. The third-order valence-corrected chi connectivity index (χ3v) is 4.11. The van der Waals surface area contributed by atoms with Crippen LogP contribution in [0.4, 0.5) is 0 Å². The second kappa shape index (κ2) is 6.94. The van der Waals surface area contributed by atoms with Crippen molar-refractivity contribution in [2.24, 2.45) is 0 Å². The topological polar surface area (TPSA) is 77.0 Å². The number of nitrogens with zero attached hydrogens (tertiary/aromatic N) is 2. The minimum absolute atomic E-state index is 0.194. The summed E-state index contributed by atoms with van der Waals surface area (Å²) in [6.45, 7) is 4.24. The fourth-order valence-corrected chi connectivity index (χ4v) is 2.53. The Kier molecular flexibility index (Phi) is 4.72. The minimum atomic E-state index is -0.570. The van der Waals surface area contributed by atoms with Crippen LogP contribution in [-0.4, -0.2) is 14.8 Å².